The van der Waals surface area contributed by atoms with Gasteiger partial charge in [-0.1, -0.05) is 6.07 Å². The van der Waals surface area contributed by atoms with Crippen molar-refractivity contribution in [3.8, 4) is 11.5 Å². The number of carbonyl (C=O) groups excluding carboxylic acids is 2. The highest BCUT2D eigenvalue weighted by Crippen LogP contribution is 2.32. The van der Waals surface area contributed by atoms with Crippen molar-refractivity contribution in [2.75, 3.05) is 17.4 Å². The number of aryl methyl sites for hydroxylation is 1. The largest absolute Gasteiger partial charge is 0.459 e. The summed E-state index contributed by atoms with van der Waals surface area (Å²) in [6, 6.07) is 14.0. The number of hydrogen-bond donors (Lipinski definition) is 2. The summed E-state index contributed by atoms with van der Waals surface area (Å²) in [5.41, 5.74) is 2.95. The zero-order valence-electron chi connectivity index (χ0n) is 15.2. The van der Waals surface area contributed by atoms with E-state index in [9.17, 15) is 9.59 Å². The van der Waals surface area contributed by atoms with E-state index in [1.54, 1.807) is 42.5 Å². The van der Waals surface area contributed by atoms with Crippen LogP contribution in [0.5, 0.6) is 11.5 Å². The lowest BCUT2D eigenvalue weighted by Crippen LogP contribution is -2.15. The molecule has 0 fully saturated rings. The van der Waals surface area contributed by atoms with Crippen LogP contribution >= 0.6 is 0 Å². The topological polar surface area (TPSA) is 89.8 Å². The summed E-state index contributed by atoms with van der Waals surface area (Å²) in [7, 11) is 0. The van der Waals surface area contributed by atoms with Crippen LogP contribution in [-0.2, 0) is 11.2 Å². The van der Waals surface area contributed by atoms with Gasteiger partial charge in [-0.2, -0.15) is 0 Å². The zero-order chi connectivity index (χ0) is 19.5. The fourth-order valence-electron chi connectivity index (χ4n) is 2.91. The first-order valence-corrected chi connectivity index (χ1v) is 8.72. The minimum absolute atomic E-state index is 0.148. The molecule has 0 bridgehead atoms. The molecule has 0 saturated carbocycles. The standard InChI is InChI=1S/C21H18N2O5/c1-13-9-15(5-6-16(13)23-21(25)18-3-2-8-26-18)22-20(24)11-14-4-7-17-19(10-14)28-12-27-17/h2-10H,11-12H2,1H3,(H,22,24)(H,23,25). The second-order valence-electron chi connectivity index (χ2n) is 6.37. The van der Waals surface area contributed by atoms with Crippen molar-refractivity contribution >= 4 is 23.2 Å². The molecule has 1 aromatic heterocycles. The van der Waals surface area contributed by atoms with E-state index in [0.717, 1.165) is 11.1 Å². The van der Waals surface area contributed by atoms with Gasteiger partial charge in [0, 0.05) is 11.4 Å². The van der Waals surface area contributed by atoms with Gasteiger partial charge in [0.2, 0.25) is 12.7 Å². The second-order valence-corrected chi connectivity index (χ2v) is 6.37. The second kappa shape index (κ2) is 7.48. The molecule has 2 aromatic carbocycles. The van der Waals surface area contributed by atoms with E-state index < -0.39 is 0 Å². The number of furan rings is 1. The highest BCUT2D eigenvalue weighted by Gasteiger charge is 2.15. The van der Waals surface area contributed by atoms with E-state index >= 15 is 0 Å². The summed E-state index contributed by atoms with van der Waals surface area (Å²) in [6.07, 6.45) is 1.66. The molecule has 0 saturated heterocycles. The van der Waals surface area contributed by atoms with Crippen molar-refractivity contribution in [1.29, 1.82) is 0 Å². The summed E-state index contributed by atoms with van der Waals surface area (Å²) in [5, 5.41) is 5.65. The first kappa shape index (κ1) is 17.7. The maximum atomic E-state index is 12.3. The SMILES string of the molecule is Cc1cc(NC(=O)Cc2ccc3c(c2)OCO3)ccc1NC(=O)c1ccco1. The van der Waals surface area contributed by atoms with Crippen LogP contribution in [0.3, 0.4) is 0 Å². The fourth-order valence-corrected chi connectivity index (χ4v) is 2.91. The van der Waals surface area contributed by atoms with Gasteiger partial charge in [-0.15, -0.1) is 0 Å². The van der Waals surface area contributed by atoms with Gasteiger partial charge in [0.1, 0.15) is 0 Å². The van der Waals surface area contributed by atoms with E-state index in [0.29, 0.717) is 22.9 Å². The van der Waals surface area contributed by atoms with Crippen molar-refractivity contribution in [2.45, 2.75) is 13.3 Å². The molecule has 3 aromatic rings. The van der Waals surface area contributed by atoms with E-state index in [4.69, 9.17) is 13.9 Å². The van der Waals surface area contributed by atoms with Gasteiger partial charge in [-0.05, 0) is 60.5 Å². The summed E-state index contributed by atoms with van der Waals surface area (Å²) >= 11 is 0. The third-order valence-corrected chi connectivity index (χ3v) is 4.30. The Balaban J connectivity index is 1.38. The lowest BCUT2D eigenvalue weighted by Gasteiger charge is -2.11. The number of hydrogen-bond acceptors (Lipinski definition) is 5. The van der Waals surface area contributed by atoms with Crippen LogP contribution in [0.15, 0.2) is 59.2 Å². The lowest BCUT2D eigenvalue weighted by atomic mass is 10.1. The molecule has 0 aliphatic carbocycles. The lowest BCUT2D eigenvalue weighted by molar-refractivity contribution is -0.115. The van der Waals surface area contributed by atoms with Crippen molar-refractivity contribution < 1.29 is 23.5 Å². The van der Waals surface area contributed by atoms with Gasteiger partial charge in [0.05, 0.1) is 12.7 Å². The molecule has 142 valence electrons. The fraction of sp³-hybridized carbons (Fsp3) is 0.143. The Morgan fingerprint density at radius 2 is 1.86 bits per heavy atom. The minimum atomic E-state index is -0.326. The minimum Gasteiger partial charge on any atom is -0.459 e. The molecule has 0 radical (unpaired) electrons. The molecule has 28 heavy (non-hydrogen) atoms. The normalized spacial score (nSPS) is 11.9. The highest BCUT2D eigenvalue weighted by atomic mass is 16.7. The number of nitrogens with one attached hydrogen (secondary N) is 2. The maximum absolute atomic E-state index is 12.3. The predicted molar refractivity (Wildman–Crippen MR) is 103 cm³/mol. The average Bonchev–Trinajstić information content (AvgIpc) is 3.35. The maximum Gasteiger partial charge on any atom is 0.291 e. The molecule has 1 aliphatic rings. The van der Waals surface area contributed by atoms with Crippen molar-refractivity contribution in [2.24, 2.45) is 0 Å². The number of rotatable bonds is 5. The Kier molecular flexibility index (Phi) is 4.72. The third kappa shape index (κ3) is 3.83. The molecule has 1 aliphatic heterocycles. The van der Waals surface area contributed by atoms with Crippen LogP contribution < -0.4 is 20.1 Å². The van der Waals surface area contributed by atoms with Crippen molar-refractivity contribution in [3.05, 3.63) is 71.7 Å². The number of ether oxygens (including phenoxy) is 2. The average molecular weight is 378 g/mol. The third-order valence-electron chi connectivity index (χ3n) is 4.30. The molecule has 0 unspecified atom stereocenters. The first-order valence-electron chi connectivity index (χ1n) is 8.72. The smallest absolute Gasteiger partial charge is 0.291 e. The molecule has 2 heterocycles. The van der Waals surface area contributed by atoms with E-state index in [2.05, 4.69) is 10.6 Å². The molecule has 2 N–H and O–H groups in total. The summed E-state index contributed by atoms with van der Waals surface area (Å²) in [5.74, 6) is 1.10. The van der Waals surface area contributed by atoms with Gasteiger partial charge >= 0.3 is 0 Å². The highest BCUT2D eigenvalue weighted by molar-refractivity contribution is 6.03. The van der Waals surface area contributed by atoms with E-state index in [1.165, 1.54) is 6.26 Å². The molecule has 7 heteroatoms. The van der Waals surface area contributed by atoms with Crippen LogP contribution in [0, 0.1) is 6.92 Å². The Morgan fingerprint density at radius 1 is 1.00 bits per heavy atom. The van der Waals surface area contributed by atoms with Crippen LogP contribution in [0.4, 0.5) is 11.4 Å². The van der Waals surface area contributed by atoms with Gasteiger partial charge in [0.25, 0.3) is 5.91 Å². The zero-order valence-corrected chi connectivity index (χ0v) is 15.2. The van der Waals surface area contributed by atoms with Gasteiger partial charge < -0.3 is 24.5 Å². The van der Waals surface area contributed by atoms with E-state index in [-0.39, 0.29) is 30.8 Å². The number of amides is 2. The van der Waals surface area contributed by atoms with Gasteiger partial charge in [-0.3, -0.25) is 9.59 Å². The van der Waals surface area contributed by atoms with Crippen LogP contribution in [0.1, 0.15) is 21.7 Å². The monoisotopic (exact) mass is 378 g/mol. The van der Waals surface area contributed by atoms with Crippen molar-refractivity contribution in [3.63, 3.8) is 0 Å². The van der Waals surface area contributed by atoms with Crippen LogP contribution in [0.25, 0.3) is 0 Å². The summed E-state index contributed by atoms with van der Waals surface area (Å²) in [6.45, 7) is 2.05. The molecule has 0 atom stereocenters. The number of anilines is 2. The Morgan fingerprint density at radius 3 is 2.64 bits per heavy atom. The number of fused-ring (bicyclic) bond motifs is 1. The Hall–Kier alpha value is -3.74. The molecule has 7 nitrogen and oxygen atoms in total. The Bertz CT molecular complexity index is 1030. The van der Waals surface area contributed by atoms with Crippen LogP contribution in [-0.4, -0.2) is 18.6 Å². The van der Waals surface area contributed by atoms with Gasteiger partial charge in [0.15, 0.2) is 17.3 Å². The molecular weight excluding hydrogens is 360 g/mol. The number of benzene rings is 2. The molecule has 2 amide bonds. The van der Waals surface area contributed by atoms with Crippen molar-refractivity contribution in [1.82, 2.24) is 0 Å². The quantitative estimate of drug-likeness (QED) is 0.706. The van der Waals surface area contributed by atoms with Crippen LogP contribution in [0.2, 0.25) is 0 Å². The van der Waals surface area contributed by atoms with Gasteiger partial charge in [-0.25, -0.2) is 0 Å². The first-order chi connectivity index (χ1) is 13.6. The Labute approximate surface area is 161 Å². The summed E-state index contributed by atoms with van der Waals surface area (Å²) < 4.78 is 15.7. The van der Waals surface area contributed by atoms with E-state index in [1.807, 2.05) is 13.0 Å². The summed E-state index contributed by atoms with van der Waals surface area (Å²) in [4.78, 5) is 24.4. The molecule has 4 rings (SSSR count). The molecule has 0 spiro atoms. The molecular formula is C21H18N2O5. The number of carbonyl (C=O) groups is 2. The predicted octanol–water partition coefficient (Wildman–Crippen LogP) is 3.75.